The summed E-state index contributed by atoms with van der Waals surface area (Å²) in [6.45, 7) is 0.543. The van der Waals surface area contributed by atoms with Crippen molar-refractivity contribution < 1.29 is 32.7 Å². The summed E-state index contributed by atoms with van der Waals surface area (Å²) in [6.07, 6.45) is 3.68. The second-order valence-electron chi connectivity index (χ2n) is 7.57. The van der Waals surface area contributed by atoms with Gasteiger partial charge in [0, 0.05) is 17.5 Å². The average molecular weight is 507 g/mol. The summed E-state index contributed by atoms with van der Waals surface area (Å²) in [5.41, 5.74) is 12.7. The van der Waals surface area contributed by atoms with Crippen molar-refractivity contribution in [2.24, 2.45) is 11.5 Å². The number of nitrogens with two attached hydrogens (primary N) is 2. The number of esters is 1. The second-order valence-corrected chi connectivity index (χ2v) is 8.89. The Morgan fingerprint density at radius 1 is 0.943 bits per heavy atom. The predicted octanol–water partition coefficient (Wildman–Crippen LogP) is 3.00. The number of hydrogen-bond donors (Lipinski definition) is 2. The predicted molar refractivity (Wildman–Crippen MR) is 136 cm³/mol. The molecular formula is C25H34N2O7S. The first kappa shape index (κ1) is 28.2. The van der Waals surface area contributed by atoms with Crippen LogP contribution in [0.5, 0.6) is 28.7 Å². The van der Waals surface area contributed by atoms with Crippen molar-refractivity contribution in [1.82, 2.24) is 0 Å². The maximum absolute atomic E-state index is 12.8. The highest BCUT2D eigenvalue weighted by Crippen LogP contribution is 2.35. The Kier molecular flexibility index (Phi) is 11.5. The summed E-state index contributed by atoms with van der Waals surface area (Å²) >= 11 is 0. The molecule has 0 bridgehead atoms. The molecule has 0 saturated heterocycles. The van der Waals surface area contributed by atoms with Crippen LogP contribution in [0.1, 0.15) is 30.4 Å². The molecule has 0 fully saturated rings. The molecule has 1 unspecified atom stereocenters. The molecule has 4 N–H and O–H groups in total. The lowest BCUT2D eigenvalue weighted by Gasteiger charge is -2.14. The first-order chi connectivity index (χ1) is 16.9. The van der Waals surface area contributed by atoms with Gasteiger partial charge in [0.2, 0.25) is 0 Å². The van der Waals surface area contributed by atoms with Crippen LogP contribution in [0.4, 0.5) is 0 Å². The van der Waals surface area contributed by atoms with Crippen LogP contribution in [-0.2, 0) is 21.3 Å². The normalized spacial score (nSPS) is 12.7. The number of benzene rings is 2. The van der Waals surface area contributed by atoms with Crippen LogP contribution in [-0.4, -0.2) is 51.2 Å². The summed E-state index contributed by atoms with van der Waals surface area (Å²) in [5.74, 6) is 1.86. The van der Waals surface area contributed by atoms with E-state index >= 15 is 0 Å². The first-order valence-corrected chi connectivity index (χ1v) is 12.4. The Bertz CT molecular complexity index is 1020. The lowest BCUT2D eigenvalue weighted by atomic mass is 10.1. The van der Waals surface area contributed by atoms with Crippen LogP contribution in [0.25, 0.3) is 6.08 Å². The van der Waals surface area contributed by atoms with Gasteiger partial charge in [0.15, 0.2) is 11.5 Å². The Balaban J connectivity index is 2.15. The fourth-order valence-electron chi connectivity index (χ4n) is 3.25. The summed E-state index contributed by atoms with van der Waals surface area (Å²) in [4.78, 5) is 12.4. The summed E-state index contributed by atoms with van der Waals surface area (Å²) < 4.78 is 39.7. The second kappa shape index (κ2) is 14.3. The van der Waals surface area contributed by atoms with Gasteiger partial charge < -0.3 is 35.2 Å². The van der Waals surface area contributed by atoms with Crippen molar-refractivity contribution in [2.75, 3.05) is 35.0 Å². The molecule has 0 heterocycles. The minimum Gasteiger partial charge on any atom is -0.496 e. The van der Waals surface area contributed by atoms with Gasteiger partial charge in [0.05, 0.1) is 50.6 Å². The zero-order valence-corrected chi connectivity index (χ0v) is 21.4. The molecule has 2 aromatic rings. The van der Waals surface area contributed by atoms with Crippen molar-refractivity contribution in [2.45, 2.75) is 31.1 Å². The van der Waals surface area contributed by atoms with E-state index in [0.717, 1.165) is 12.8 Å². The standard InChI is InChI=1S/C25H34N2O7S/c1-30-18-14-22(32-3)19(23(15-18)33-4)10-12-35(29)16-17-8-9-21(31-2)24(13-17)34-25(28)20(27)7-5-6-11-26/h8-10,12-15,20H,5-7,11,16,26-27H2,1-4H3/b12-10+/t20?,35-/m0/s1. The van der Waals surface area contributed by atoms with Gasteiger partial charge in [-0.15, -0.1) is 0 Å². The van der Waals surface area contributed by atoms with Crippen LogP contribution in [0.15, 0.2) is 35.7 Å². The maximum Gasteiger partial charge on any atom is 0.328 e. The molecule has 192 valence electrons. The molecule has 10 heteroatoms. The topological polar surface area (TPSA) is 132 Å². The van der Waals surface area contributed by atoms with Crippen molar-refractivity contribution in [3.63, 3.8) is 0 Å². The monoisotopic (exact) mass is 506 g/mol. The number of carbonyl (C=O) groups is 1. The highest BCUT2D eigenvalue weighted by molar-refractivity contribution is 7.87. The number of methoxy groups -OCH3 is 4. The first-order valence-electron chi connectivity index (χ1n) is 11.1. The van der Waals surface area contributed by atoms with Crippen molar-refractivity contribution in [1.29, 1.82) is 0 Å². The Labute approximate surface area is 208 Å². The zero-order chi connectivity index (χ0) is 25.8. The highest BCUT2D eigenvalue weighted by Gasteiger charge is 2.18. The third kappa shape index (κ3) is 8.27. The fourth-order valence-corrected chi connectivity index (χ4v) is 4.15. The minimum atomic E-state index is -1.38. The van der Waals surface area contributed by atoms with E-state index in [1.54, 1.807) is 48.9 Å². The van der Waals surface area contributed by atoms with Crippen LogP contribution >= 0.6 is 0 Å². The van der Waals surface area contributed by atoms with Gasteiger partial charge in [0.25, 0.3) is 0 Å². The van der Waals surface area contributed by atoms with Crippen molar-refractivity contribution in [3.8, 4) is 28.7 Å². The van der Waals surface area contributed by atoms with Gasteiger partial charge in [-0.05, 0) is 43.2 Å². The smallest absolute Gasteiger partial charge is 0.328 e. The zero-order valence-electron chi connectivity index (χ0n) is 20.6. The van der Waals surface area contributed by atoms with E-state index in [9.17, 15) is 9.00 Å². The van der Waals surface area contributed by atoms with Gasteiger partial charge in [0.1, 0.15) is 23.3 Å². The number of hydrogen-bond acceptors (Lipinski definition) is 9. The molecule has 2 atom stereocenters. The summed E-state index contributed by atoms with van der Waals surface area (Å²) in [6, 6.07) is 7.73. The van der Waals surface area contributed by atoms with E-state index in [-0.39, 0.29) is 11.5 Å². The highest BCUT2D eigenvalue weighted by atomic mass is 32.2. The van der Waals surface area contributed by atoms with Gasteiger partial charge in [-0.1, -0.05) is 12.5 Å². The van der Waals surface area contributed by atoms with Crippen molar-refractivity contribution >= 4 is 22.8 Å². The molecular weight excluding hydrogens is 472 g/mol. The van der Waals surface area contributed by atoms with Gasteiger partial charge >= 0.3 is 5.97 Å². The Hall–Kier alpha value is -3.08. The maximum atomic E-state index is 12.8. The summed E-state index contributed by atoms with van der Waals surface area (Å²) in [5, 5.41) is 1.55. The molecule has 0 aromatic heterocycles. The molecule has 2 aromatic carbocycles. The minimum absolute atomic E-state index is 0.189. The van der Waals surface area contributed by atoms with E-state index in [1.165, 1.54) is 21.3 Å². The molecule has 9 nitrogen and oxygen atoms in total. The van der Waals surface area contributed by atoms with E-state index in [4.69, 9.17) is 35.2 Å². The van der Waals surface area contributed by atoms with Crippen LogP contribution in [0.2, 0.25) is 0 Å². The van der Waals surface area contributed by atoms with Crippen LogP contribution < -0.4 is 35.2 Å². The van der Waals surface area contributed by atoms with Crippen LogP contribution in [0.3, 0.4) is 0 Å². The lowest BCUT2D eigenvalue weighted by Crippen LogP contribution is -2.34. The van der Waals surface area contributed by atoms with E-state index in [0.29, 0.717) is 47.1 Å². The van der Waals surface area contributed by atoms with E-state index < -0.39 is 22.8 Å². The largest absolute Gasteiger partial charge is 0.496 e. The molecule has 0 radical (unpaired) electrons. The SMILES string of the molecule is COc1cc(OC)c(/C=C/[S@](=O)Cc2ccc(OC)c(OC(=O)C(N)CCCCN)c2)c(OC)c1. The Morgan fingerprint density at radius 3 is 2.17 bits per heavy atom. The molecule has 0 amide bonds. The van der Waals surface area contributed by atoms with Gasteiger partial charge in [-0.3, -0.25) is 4.21 Å². The van der Waals surface area contributed by atoms with Gasteiger partial charge in [-0.2, -0.15) is 0 Å². The summed E-state index contributed by atoms with van der Waals surface area (Å²) in [7, 11) is 4.71. The number of carbonyl (C=O) groups excluding carboxylic acids is 1. The lowest BCUT2D eigenvalue weighted by molar-refractivity contribution is -0.136. The number of ether oxygens (including phenoxy) is 5. The quantitative estimate of drug-likeness (QED) is 0.225. The van der Waals surface area contributed by atoms with E-state index in [1.807, 2.05) is 0 Å². The van der Waals surface area contributed by atoms with Crippen molar-refractivity contribution in [3.05, 3.63) is 46.9 Å². The number of rotatable bonds is 14. The molecule has 0 saturated carbocycles. The number of unbranched alkanes of at least 4 members (excludes halogenated alkanes) is 1. The molecule has 0 aliphatic rings. The average Bonchev–Trinajstić information content (AvgIpc) is 2.87. The molecule has 0 aliphatic heterocycles. The molecule has 0 aliphatic carbocycles. The third-order valence-corrected chi connectivity index (χ3v) is 6.22. The molecule has 0 spiro atoms. The molecule has 35 heavy (non-hydrogen) atoms. The molecule has 2 rings (SSSR count). The third-order valence-electron chi connectivity index (χ3n) is 5.16. The van der Waals surface area contributed by atoms with Crippen LogP contribution in [0, 0.1) is 0 Å². The van der Waals surface area contributed by atoms with Gasteiger partial charge in [-0.25, -0.2) is 4.79 Å². The fraction of sp³-hybridized carbons (Fsp3) is 0.400. The Morgan fingerprint density at radius 2 is 1.60 bits per heavy atom. The van der Waals surface area contributed by atoms with E-state index in [2.05, 4.69) is 0 Å².